The van der Waals surface area contributed by atoms with Crippen molar-refractivity contribution in [3.63, 3.8) is 0 Å². The fourth-order valence-corrected chi connectivity index (χ4v) is 4.44. The lowest BCUT2D eigenvalue weighted by molar-refractivity contribution is 0.111. The molecule has 6 nitrogen and oxygen atoms in total. The van der Waals surface area contributed by atoms with Gasteiger partial charge in [-0.15, -0.1) is 10.2 Å². The maximum Gasteiger partial charge on any atom is 0.168 e. The normalized spacial score (nSPS) is 16.6. The maximum absolute atomic E-state index is 13.7. The number of fused-ring (bicyclic) bond motifs is 1. The molecule has 0 radical (unpaired) electrons. The summed E-state index contributed by atoms with van der Waals surface area (Å²) in [5.74, 6) is 0.701. The van der Waals surface area contributed by atoms with Crippen LogP contribution in [0.4, 0.5) is 15.9 Å². The fourth-order valence-electron chi connectivity index (χ4n) is 4.44. The third kappa shape index (κ3) is 3.51. The summed E-state index contributed by atoms with van der Waals surface area (Å²) in [7, 11) is 0. The fraction of sp³-hybridized carbons (Fsp3) is 0.304. The molecule has 2 aromatic heterocycles. The lowest BCUT2D eigenvalue weighted by Crippen LogP contribution is -2.44. The van der Waals surface area contributed by atoms with Crippen LogP contribution in [0.5, 0.6) is 0 Å². The number of anilines is 2. The molecule has 0 unspecified atom stereocenters. The maximum atomic E-state index is 13.7. The topological polar surface area (TPSA) is 62.2 Å². The molecule has 0 spiro atoms. The first-order chi connectivity index (χ1) is 14.7. The van der Waals surface area contributed by atoms with Gasteiger partial charge in [0.1, 0.15) is 11.5 Å². The first-order valence-electron chi connectivity index (χ1n) is 10.3. The summed E-state index contributed by atoms with van der Waals surface area (Å²) in [6.07, 6.45) is 5.37. The summed E-state index contributed by atoms with van der Waals surface area (Å²) in [5.41, 5.74) is 4.27. The van der Waals surface area contributed by atoms with Gasteiger partial charge < -0.3 is 9.80 Å². The van der Waals surface area contributed by atoms with Gasteiger partial charge in [0, 0.05) is 43.1 Å². The highest BCUT2D eigenvalue weighted by Crippen LogP contribution is 2.33. The molecular weight excluding hydrogens is 381 g/mol. The highest BCUT2D eigenvalue weighted by atomic mass is 19.1. The van der Waals surface area contributed by atoms with E-state index in [4.69, 9.17) is 0 Å². The Kier molecular flexibility index (Phi) is 4.86. The lowest BCUT2D eigenvalue weighted by atomic mass is 10.0. The van der Waals surface area contributed by atoms with Crippen molar-refractivity contribution in [1.29, 1.82) is 0 Å². The Morgan fingerprint density at radius 2 is 1.87 bits per heavy atom. The van der Waals surface area contributed by atoms with Crippen molar-refractivity contribution in [1.82, 2.24) is 15.2 Å². The first kappa shape index (κ1) is 18.7. The molecule has 0 aliphatic carbocycles. The summed E-state index contributed by atoms with van der Waals surface area (Å²) in [5, 5.41) is 8.75. The number of benzene rings is 1. The van der Waals surface area contributed by atoms with Crippen molar-refractivity contribution in [3.05, 3.63) is 65.7 Å². The number of carbonyl (C=O) groups is 1. The second-order valence-electron chi connectivity index (χ2n) is 7.80. The van der Waals surface area contributed by atoms with Crippen LogP contribution >= 0.6 is 0 Å². The van der Waals surface area contributed by atoms with E-state index in [1.165, 1.54) is 5.56 Å². The molecule has 7 heteroatoms. The van der Waals surface area contributed by atoms with Crippen LogP contribution in [0.2, 0.25) is 0 Å². The van der Waals surface area contributed by atoms with Crippen LogP contribution in [0, 0.1) is 5.82 Å². The number of hydrogen-bond acceptors (Lipinski definition) is 6. The minimum absolute atomic E-state index is 0.163. The number of rotatable bonds is 4. The molecule has 0 saturated carbocycles. The molecular formula is C23H22FN5O. The van der Waals surface area contributed by atoms with E-state index in [9.17, 15) is 9.18 Å². The van der Waals surface area contributed by atoms with Crippen molar-refractivity contribution in [2.24, 2.45) is 0 Å². The van der Waals surface area contributed by atoms with Crippen molar-refractivity contribution in [2.75, 3.05) is 29.4 Å². The molecule has 30 heavy (non-hydrogen) atoms. The number of pyridine rings is 1. The molecule has 0 bridgehead atoms. The van der Waals surface area contributed by atoms with Crippen LogP contribution in [-0.4, -0.2) is 47.1 Å². The van der Waals surface area contributed by atoms with Gasteiger partial charge in [-0.2, -0.15) is 0 Å². The number of nitrogens with zero attached hydrogens (tertiary/aromatic N) is 5. The van der Waals surface area contributed by atoms with Crippen molar-refractivity contribution in [3.8, 4) is 11.3 Å². The van der Waals surface area contributed by atoms with Crippen molar-refractivity contribution in [2.45, 2.75) is 25.3 Å². The lowest BCUT2D eigenvalue weighted by Gasteiger charge is -2.38. The zero-order chi connectivity index (χ0) is 20.5. The minimum Gasteiger partial charge on any atom is -0.368 e. The third-order valence-electron chi connectivity index (χ3n) is 6.06. The van der Waals surface area contributed by atoms with Gasteiger partial charge in [0.15, 0.2) is 12.1 Å². The standard InChI is InChI=1S/C23H22FN5O/c24-18-3-1-16-7-12-29(22(16)13-18)20-8-10-28(11-9-20)23-6-5-21(26-27-23)17-2-4-19(15-30)25-14-17/h1-6,13-15,20H,7-12H2. The minimum atomic E-state index is -0.163. The molecule has 1 fully saturated rings. The summed E-state index contributed by atoms with van der Waals surface area (Å²) < 4.78 is 13.7. The van der Waals surface area contributed by atoms with Gasteiger partial charge in [0.2, 0.25) is 0 Å². The van der Waals surface area contributed by atoms with Crippen LogP contribution in [0.3, 0.4) is 0 Å². The Bertz CT molecular complexity index is 1050. The Labute approximate surface area is 174 Å². The van der Waals surface area contributed by atoms with Gasteiger partial charge in [-0.3, -0.25) is 9.78 Å². The van der Waals surface area contributed by atoms with Crippen molar-refractivity contribution < 1.29 is 9.18 Å². The number of piperidine rings is 1. The molecule has 2 aliphatic heterocycles. The molecule has 5 rings (SSSR count). The van der Waals surface area contributed by atoms with E-state index < -0.39 is 0 Å². The Hall–Kier alpha value is -3.35. The zero-order valence-corrected chi connectivity index (χ0v) is 16.5. The third-order valence-corrected chi connectivity index (χ3v) is 6.06. The smallest absolute Gasteiger partial charge is 0.168 e. The molecule has 0 atom stereocenters. The predicted octanol–water partition coefficient (Wildman–Crippen LogP) is 3.52. The second kappa shape index (κ2) is 7.82. The molecule has 1 aromatic carbocycles. The van der Waals surface area contributed by atoms with Gasteiger partial charge in [0.05, 0.1) is 5.69 Å². The molecule has 0 amide bonds. The summed E-state index contributed by atoms with van der Waals surface area (Å²) in [4.78, 5) is 19.4. The molecule has 1 saturated heterocycles. The van der Waals surface area contributed by atoms with Gasteiger partial charge in [-0.25, -0.2) is 4.39 Å². The van der Waals surface area contributed by atoms with Crippen LogP contribution in [0.25, 0.3) is 11.3 Å². The van der Waals surface area contributed by atoms with Gasteiger partial charge in [0.25, 0.3) is 0 Å². The summed E-state index contributed by atoms with van der Waals surface area (Å²) in [6.45, 7) is 2.76. The number of hydrogen-bond donors (Lipinski definition) is 0. The van der Waals surface area contributed by atoms with E-state index in [0.29, 0.717) is 11.7 Å². The molecule has 152 valence electrons. The zero-order valence-electron chi connectivity index (χ0n) is 16.5. The Morgan fingerprint density at radius 1 is 1.00 bits per heavy atom. The predicted molar refractivity (Wildman–Crippen MR) is 113 cm³/mol. The van der Waals surface area contributed by atoms with E-state index in [-0.39, 0.29) is 5.82 Å². The molecule has 3 aromatic rings. The van der Waals surface area contributed by atoms with Crippen LogP contribution < -0.4 is 9.80 Å². The largest absolute Gasteiger partial charge is 0.368 e. The highest BCUT2D eigenvalue weighted by Gasteiger charge is 2.30. The van der Waals surface area contributed by atoms with Gasteiger partial charge in [-0.1, -0.05) is 6.07 Å². The number of halogens is 1. The first-order valence-corrected chi connectivity index (χ1v) is 10.3. The number of aromatic nitrogens is 3. The Morgan fingerprint density at radius 3 is 2.57 bits per heavy atom. The molecule has 0 N–H and O–H groups in total. The average molecular weight is 403 g/mol. The monoisotopic (exact) mass is 403 g/mol. The summed E-state index contributed by atoms with van der Waals surface area (Å²) >= 11 is 0. The van der Waals surface area contributed by atoms with Gasteiger partial charge >= 0.3 is 0 Å². The SMILES string of the molecule is O=Cc1ccc(-c2ccc(N3CCC(N4CCc5ccc(F)cc54)CC3)nn2)cn1. The van der Waals surface area contributed by atoms with Gasteiger partial charge in [-0.05, 0) is 61.2 Å². The second-order valence-corrected chi connectivity index (χ2v) is 7.80. The number of aldehydes is 1. The van der Waals surface area contributed by atoms with Crippen LogP contribution in [0.1, 0.15) is 28.9 Å². The molecule has 2 aliphatic rings. The van der Waals surface area contributed by atoms with E-state index in [1.807, 2.05) is 24.3 Å². The Balaban J connectivity index is 1.24. The number of carbonyl (C=O) groups excluding carboxylic acids is 1. The van der Waals surface area contributed by atoms with E-state index in [2.05, 4.69) is 25.0 Å². The van der Waals surface area contributed by atoms with E-state index >= 15 is 0 Å². The summed E-state index contributed by atoms with van der Waals surface area (Å²) in [6, 6.07) is 13.0. The quantitative estimate of drug-likeness (QED) is 0.621. The van der Waals surface area contributed by atoms with Crippen molar-refractivity contribution >= 4 is 17.8 Å². The van der Waals surface area contributed by atoms with Crippen LogP contribution in [0.15, 0.2) is 48.7 Å². The average Bonchev–Trinajstić information content (AvgIpc) is 3.22. The van der Waals surface area contributed by atoms with E-state index in [0.717, 1.165) is 67.9 Å². The highest BCUT2D eigenvalue weighted by molar-refractivity contribution is 5.73. The van der Waals surface area contributed by atoms with E-state index in [1.54, 1.807) is 24.4 Å². The molecule has 4 heterocycles. The van der Waals surface area contributed by atoms with Crippen LogP contribution in [-0.2, 0) is 6.42 Å².